The number of carbonyl (C=O) groups excluding carboxylic acids is 1. The van der Waals surface area contributed by atoms with Gasteiger partial charge in [-0.1, -0.05) is 30.3 Å². The number of nitrogens with one attached hydrogen (secondary N) is 1. The van der Waals surface area contributed by atoms with Crippen molar-refractivity contribution in [2.45, 2.75) is 6.04 Å². The molecule has 0 radical (unpaired) electrons. The SMILES string of the molecule is COc1ccc(C(=O)N[C@H](CN(C)C)c2ccccc2)cc1F. The van der Waals surface area contributed by atoms with Gasteiger partial charge in [-0.2, -0.15) is 0 Å². The van der Waals surface area contributed by atoms with Gasteiger partial charge >= 0.3 is 0 Å². The van der Waals surface area contributed by atoms with Crippen LogP contribution in [0.15, 0.2) is 48.5 Å². The molecule has 122 valence electrons. The molecular weight excluding hydrogens is 295 g/mol. The van der Waals surface area contributed by atoms with Crippen molar-refractivity contribution in [1.29, 1.82) is 0 Å². The molecule has 0 bridgehead atoms. The number of likely N-dealkylation sites (N-methyl/N-ethyl adjacent to an activating group) is 1. The zero-order valence-electron chi connectivity index (χ0n) is 13.5. The number of hydrogen-bond donors (Lipinski definition) is 1. The number of amides is 1. The first kappa shape index (κ1) is 17.0. The maximum absolute atomic E-state index is 13.8. The minimum atomic E-state index is -0.552. The summed E-state index contributed by atoms with van der Waals surface area (Å²) in [6.07, 6.45) is 0. The molecule has 2 aromatic rings. The molecule has 0 aromatic heterocycles. The lowest BCUT2D eigenvalue weighted by Gasteiger charge is -2.23. The van der Waals surface area contributed by atoms with Crippen molar-refractivity contribution < 1.29 is 13.9 Å². The highest BCUT2D eigenvalue weighted by Crippen LogP contribution is 2.19. The summed E-state index contributed by atoms with van der Waals surface area (Å²) in [5, 5.41) is 2.96. The van der Waals surface area contributed by atoms with Crippen LogP contribution in [0, 0.1) is 5.82 Å². The van der Waals surface area contributed by atoms with Crippen molar-refractivity contribution >= 4 is 5.91 Å². The second-order valence-electron chi connectivity index (χ2n) is 5.55. The molecular formula is C18H21FN2O2. The van der Waals surface area contributed by atoms with Crippen molar-refractivity contribution in [3.05, 3.63) is 65.5 Å². The summed E-state index contributed by atoms with van der Waals surface area (Å²) >= 11 is 0. The first-order valence-electron chi connectivity index (χ1n) is 7.35. The number of ether oxygens (including phenoxy) is 1. The summed E-state index contributed by atoms with van der Waals surface area (Å²) in [4.78, 5) is 14.4. The van der Waals surface area contributed by atoms with E-state index in [0.29, 0.717) is 6.54 Å². The Morgan fingerprint density at radius 1 is 1.22 bits per heavy atom. The average molecular weight is 316 g/mol. The molecule has 1 N–H and O–H groups in total. The summed E-state index contributed by atoms with van der Waals surface area (Å²) in [6.45, 7) is 0.647. The van der Waals surface area contributed by atoms with Gasteiger partial charge in [0.05, 0.1) is 13.2 Å². The second-order valence-corrected chi connectivity index (χ2v) is 5.55. The molecule has 0 aliphatic heterocycles. The van der Waals surface area contributed by atoms with Gasteiger partial charge in [0, 0.05) is 12.1 Å². The normalized spacial score (nSPS) is 12.0. The van der Waals surface area contributed by atoms with Crippen LogP contribution in [-0.4, -0.2) is 38.6 Å². The summed E-state index contributed by atoms with van der Waals surface area (Å²) in [5.74, 6) is -0.749. The number of halogens is 1. The molecule has 0 aliphatic carbocycles. The van der Waals surface area contributed by atoms with Crippen LogP contribution in [0.4, 0.5) is 4.39 Å². The van der Waals surface area contributed by atoms with Crippen LogP contribution < -0.4 is 10.1 Å². The Morgan fingerprint density at radius 3 is 2.48 bits per heavy atom. The van der Waals surface area contributed by atoms with E-state index in [4.69, 9.17) is 4.74 Å². The van der Waals surface area contributed by atoms with Crippen LogP contribution in [0.2, 0.25) is 0 Å². The zero-order valence-corrected chi connectivity index (χ0v) is 13.5. The van der Waals surface area contributed by atoms with Crippen molar-refractivity contribution in [2.24, 2.45) is 0 Å². The Labute approximate surface area is 135 Å². The molecule has 0 saturated carbocycles. The summed E-state index contributed by atoms with van der Waals surface area (Å²) in [7, 11) is 5.27. The second kappa shape index (κ2) is 7.74. The lowest BCUT2D eigenvalue weighted by Crippen LogP contribution is -2.35. The van der Waals surface area contributed by atoms with Gasteiger partial charge in [0.1, 0.15) is 0 Å². The number of benzene rings is 2. The topological polar surface area (TPSA) is 41.6 Å². The molecule has 1 atom stereocenters. The predicted octanol–water partition coefficient (Wildman–Crippen LogP) is 2.87. The summed E-state index contributed by atoms with van der Waals surface area (Å²) in [5.41, 5.74) is 1.27. The smallest absolute Gasteiger partial charge is 0.251 e. The van der Waals surface area contributed by atoms with Gasteiger partial charge in [-0.3, -0.25) is 4.79 Å². The van der Waals surface area contributed by atoms with E-state index >= 15 is 0 Å². The van der Waals surface area contributed by atoms with Gasteiger partial charge in [-0.25, -0.2) is 4.39 Å². The fourth-order valence-electron chi connectivity index (χ4n) is 2.33. The first-order valence-corrected chi connectivity index (χ1v) is 7.35. The van der Waals surface area contributed by atoms with Gasteiger partial charge in [-0.05, 0) is 37.9 Å². The number of methoxy groups -OCH3 is 1. The van der Waals surface area contributed by atoms with E-state index in [1.54, 1.807) is 6.07 Å². The molecule has 5 heteroatoms. The number of carbonyl (C=O) groups is 1. The molecule has 1 amide bonds. The van der Waals surface area contributed by atoms with Crippen molar-refractivity contribution in [3.8, 4) is 5.75 Å². The monoisotopic (exact) mass is 316 g/mol. The molecule has 0 spiro atoms. The molecule has 0 heterocycles. The lowest BCUT2D eigenvalue weighted by molar-refractivity contribution is 0.0929. The largest absolute Gasteiger partial charge is 0.494 e. The van der Waals surface area contributed by atoms with Crippen molar-refractivity contribution in [1.82, 2.24) is 10.2 Å². The van der Waals surface area contributed by atoms with E-state index in [1.165, 1.54) is 19.2 Å². The molecule has 0 aliphatic rings. The molecule has 2 rings (SSSR count). The third-order valence-electron chi connectivity index (χ3n) is 3.47. The van der Waals surface area contributed by atoms with Crippen LogP contribution in [-0.2, 0) is 0 Å². The van der Waals surface area contributed by atoms with Gasteiger partial charge in [0.2, 0.25) is 0 Å². The van der Waals surface area contributed by atoms with Crippen LogP contribution >= 0.6 is 0 Å². The van der Waals surface area contributed by atoms with Crippen LogP contribution in [0.3, 0.4) is 0 Å². The Kier molecular flexibility index (Phi) is 5.71. The van der Waals surface area contributed by atoms with Gasteiger partial charge < -0.3 is 15.0 Å². The van der Waals surface area contributed by atoms with E-state index in [9.17, 15) is 9.18 Å². The third kappa shape index (κ3) is 4.53. The molecule has 0 unspecified atom stereocenters. The Bertz CT molecular complexity index is 659. The van der Waals surface area contributed by atoms with Gasteiger partial charge in [0.15, 0.2) is 11.6 Å². The molecule has 4 nitrogen and oxygen atoms in total. The van der Waals surface area contributed by atoms with Crippen molar-refractivity contribution in [2.75, 3.05) is 27.7 Å². The number of hydrogen-bond acceptors (Lipinski definition) is 3. The van der Waals surface area contributed by atoms with Crippen LogP contribution in [0.25, 0.3) is 0 Å². The maximum Gasteiger partial charge on any atom is 0.251 e. The molecule has 23 heavy (non-hydrogen) atoms. The van der Waals surface area contributed by atoms with Crippen LogP contribution in [0.5, 0.6) is 5.75 Å². The minimum absolute atomic E-state index is 0.120. The van der Waals surface area contributed by atoms with E-state index in [0.717, 1.165) is 5.56 Å². The highest BCUT2D eigenvalue weighted by Gasteiger charge is 2.17. The number of rotatable bonds is 6. The molecule has 0 fully saturated rings. The maximum atomic E-state index is 13.8. The zero-order chi connectivity index (χ0) is 16.8. The lowest BCUT2D eigenvalue weighted by atomic mass is 10.1. The first-order chi connectivity index (χ1) is 11.0. The number of nitrogens with zero attached hydrogens (tertiary/aromatic N) is 1. The standard InChI is InChI=1S/C18H21FN2O2/c1-21(2)12-16(13-7-5-4-6-8-13)20-18(22)14-9-10-17(23-3)15(19)11-14/h4-11,16H,12H2,1-3H3,(H,20,22)/t16-/m1/s1. The molecule has 2 aromatic carbocycles. The van der Waals surface area contributed by atoms with Crippen LogP contribution in [0.1, 0.15) is 22.0 Å². The van der Waals surface area contributed by atoms with Gasteiger partial charge in [-0.15, -0.1) is 0 Å². The summed E-state index contributed by atoms with van der Waals surface area (Å²) in [6, 6.07) is 13.7. The van der Waals surface area contributed by atoms with Crippen molar-refractivity contribution in [3.63, 3.8) is 0 Å². The van der Waals surface area contributed by atoms with E-state index in [2.05, 4.69) is 5.32 Å². The van der Waals surface area contributed by atoms with Gasteiger partial charge in [0.25, 0.3) is 5.91 Å². The average Bonchev–Trinajstić information content (AvgIpc) is 2.54. The quantitative estimate of drug-likeness (QED) is 0.891. The highest BCUT2D eigenvalue weighted by molar-refractivity contribution is 5.94. The predicted molar refractivity (Wildman–Crippen MR) is 88.2 cm³/mol. The van der Waals surface area contributed by atoms with E-state index in [1.807, 2.05) is 49.3 Å². The minimum Gasteiger partial charge on any atom is -0.494 e. The molecule has 0 saturated heterocycles. The Morgan fingerprint density at radius 2 is 1.91 bits per heavy atom. The van der Waals surface area contributed by atoms with E-state index in [-0.39, 0.29) is 23.3 Å². The third-order valence-corrected chi connectivity index (χ3v) is 3.47. The Hall–Kier alpha value is -2.40. The summed E-state index contributed by atoms with van der Waals surface area (Å²) < 4.78 is 18.6. The highest BCUT2D eigenvalue weighted by atomic mass is 19.1. The van der Waals surface area contributed by atoms with E-state index < -0.39 is 5.82 Å². The Balaban J connectivity index is 2.19. The fraction of sp³-hybridized carbons (Fsp3) is 0.278. The fourth-order valence-corrected chi connectivity index (χ4v) is 2.33.